The molecule has 0 radical (unpaired) electrons. The van der Waals surface area contributed by atoms with E-state index < -0.39 is 0 Å². The average Bonchev–Trinajstić information content (AvgIpc) is 3.55. The number of ketones is 2. The summed E-state index contributed by atoms with van der Waals surface area (Å²) in [5, 5.41) is 13.5. The quantitative estimate of drug-likeness (QED) is 0.0430. The van der Waals surface area contributed by atoms with Crippen LogP contribution in [0, 0.1) is 0 Å². The number of hydrogen-bond acceptors (Lipinski definition) is 19. The van der Waals surface area contributed by atoms with Crippen LogP contribution in [0.2, 0.25) is 0 Å². The van der Waals surface area contributed by atoms with Crippen molar-refractivity contribution in [3.05, 3.63) is 88.6 Å². The monoisotopic (exact) mass is 1250 g/mol. The Morgan fingerprint density at radius 1 is 0.273 bits per heavy atom. The Balaban J connectivity index is -0.00000125. The van der Waals surface area contributed by atoms with Gasteiger partial charge in [-0.15, -0.1) is 0 Å². The molecular formula is C64H114N8O16. The Morgan fingerprint density at radius 3 is 0.705 bits per heavy atom. The van der Waals surface area contributed by atoms with E-state index in [9.17, 15) is 33.6 Å². The Morgan fingerprint density at radius 2 is 0.477 bits per heavy atom. The molecule has 506 valence electrons. The molecule has 24 nitrogen and oxygen atoms in total. The van der Waals surface area contributed by atoms with Crippen molar-refractivity contribution < 1.29 is 76.2 Å². The number of rotatable bonds is 64. The number of amides is 5. The van der Waals surface area contributed by atoms with E-state index in [0.29, 0.717) is 164 Å². The lowest BCUT2D eigenvalue weighted by molar-refractivity contribution is -0.117. The summed E-state index contributed by atoms with van der Waals surface area (Å²) in [7, 11) is 4.05. The molecule has 24 heteroatoms. The van der Waals surface area contributed by atoms with E-state index in [-0.39, 0.29) is 41.1 Å². The number of carbonyl (C=O) groups is 7. The van der Waals surface area contributed by atoms with E-state index in [1.54, 1.807) is 0 Å². The molecule has 0 saturated carbocycles. The fourth-order valence-electron chi connectivity index (χ4n) is 6.68. The molecule has 0 atom stereocenters. The first-order valence-electron chi connectivity index (χ1n) is 30.8. The molecule has 0 aliphatic rings. The number of allylic oxidation sites excluding steroid dienone is 2. The van der Waals surface area contributed by atoms with Gasteiger partial charge in [0.1, 0.15) is 0 Å². The summed E-state index contributed by atoms with van der Waals surface area (Å²) in [5.74, 6) is -0.680. The Kier molecular flexibility index (Phi) is 69.4. The first-order valence-corrected chi connectivity index (χ1v) is 30.8. The van der Waals surface area contributed by atoms with Gasteiger partial charge in [0.25, 0.3) is 0 Å². The standard InChI is InChI=1S/C24H42N4O6.C23H41NO6.C17H31N3O4/c1-4-22(29)25-10-7-16-32-19-13-28(14-20-33-17-8-11-26-23(30)5-2)15-21-34-18-9-12-27-24(31)6-3;1-4-22(25)10-6-8-14-27-18-20-29-16-12-24(3)13-17-30-21-19-28-15-9-7-11-23(26)5-2;1-4-16(21)18-8-6-12-23-14-10-20(3)11-15-24-13-7-9-19-17(22)5-2/h4-6H,1-3,7-21H2,(H,25,29)(H,26,30)(H,27,31);4-5H,1-2,6-21H2,3H3;4-5H,1-2,6-15H2,3H3,(H,18,21)(H,19,22). The van der Waals surface area contributed by atoms with Crippen LogP contribution in [0.15, 0.2) is 88.6 Å². The largest absolute Gasteiger partial charge is 0.380 e. The Hall–Kier alpha value is -5.61. The van der Waals surface area contributed by atoms with Crippen LogP contribution in [0.25, 0.3) is 0 Å². The first-order chi connectivity index (χ1) is 42.7. The number of nitrogens with one attached hydrogen (secondary N) is 5. The zero-order valence-electron chi connectivity index (χ0n) is 53.9. The van der Waals surface area contributed by atoms with Crippen molar-refractivity contribution in [2.24, 2.45) is 0 Å². The zero-order valence-corrected chi connectivity index (χ0v) is 53.9. The third-order valence-corrected chi connectivity index (χ3v) is 12.0. The Bertz CT molecular complexity index is 1670. The van der Waals surface area contributed by atoms with E-state index in [4.69, 9.17) is 42.6 Å². The number of nitrogens with zero attached hydrogens (tertiary/aromatic N) is 3. The molecule has 0 aromatic heterocycles. The second kappa shape index (κ2) is 70.5. The number of likely N-dealkylation sites (N-methyl/N-ethyl adjacent to an activating group) is 2. The normalized spacial score (nSPS) is 10.6. The highest BCUT2D eigenvalue weighted by atomic mass is 16.5. The molecule has 5 N–H and O–H groups in total. The molecule has 88 heavy (non-hydrogen) atoms. The summed E-state index contributed by atoms with van der Waals surface area (Å²) in [6.07, 6.45) is 17.3. The van der Waals surface area contributed by atoms with Gasteiger partial charge in [-0.2, -0.15) is 0 Å². The SMILES string of the molecule is C=CC(=O)CCCCOCCOCCN(C)CCOCCOCCCCC(=O)C=C.C=CC(=O)NCCCOCCN(C)CCOCCCNC(=O)C=C.C=CC(=O)NCCCOCCN(CCOCCCNC(=O)C=C)CCOCCCNC(=O)C=C. The van der Waals surface area contributed by atoms with Crippen LogP contribution in [-0.2, 0) is 76.2 Å². The van der Waals surface area contributed by atoms with Crippen LogP contribution in [0.4, 0.5) is 0 Å². The average molecular weight is 1250 g/mol. The third-order valence-electron chi connectivity index (χ3n) is 12.0. The maximum Gasteiger partial charge on any atom is 0.243 e. The molecule has 0 heterocycles. The van der Waals surface area contributed by atoms with E-state index in [2.05, 4.69) is 87.3 Å². The second-order valence-corrected chi connectivity index (χ2v) is 19.5. The highest BCUT2D eigenvalue weighted by Crippen LogP contribution is 2.00. The number of unbranched alkanes of at least 4 members (excludes halogenated alkanes) is 2. The van der Waals surface area contributed by atoms with Crippen molar-refractivity contribution in [3.63, 3.8) is 0 Å². The molecule has 0 unspecified atom stereocenters. The van der Waals surface area contributed by atoms with Gasteiger partial charge in [-0.25, -0.2) is 0 Å². The van der Waals surface area contributed by atoms with Crippen LogP contribution in [0.1, 0.15) is 70.6 Å². The molecule has 0 rings (SSSR count). The van der Waals surface area contributed by atoms with Crippen molar-refractivity contribution in [3.8, 4) is 0 Å². The molecule has 5 amide bonds. The molecule has 0 fully saturated rings. The zero-order chi connectivity index (χ0) is 65.6. The van der Waals surface area contributed by atoms with Crippen LogP contribution >= 0.6 is 0 Å². The van der Waals surface area contributed by atoms with Gasteiger partial charge in [-0.3, -0.25) is 38.5 Å². The number of ether oxygens (including phenoxy) is 9. The van der Waals surface area contributed by atoms with Crippen molar-refractivity contribution in [2.45, 2.75) is 70.6 Å². The highest BCUT2D eigenvalue weighted by molar-refractivity contribution is 5.90. The van der Waals surface area contributed by atoms with Gasteiger partial charge >= 0.3 is 0 Å². The van der Waals surface area contributed by atoms with Crippen LogP contribution in [0.5, 0.6) is 0 Å². The van der Waals surface area contributed by atoms with Gasteiger partial charge in [0.05, 0.1) is 72.7 Å². The lowest BCUT2D eigenvalue weighted by Gasteiger charge is -2.22. The van der Waals surface area contributed by atoms with Crippen molar-refractivity contribution in [1.82, 2.24) is 41.3 Å². The third kappa shape index (κ3) is 71.1. The van der Waals surface area contributed by atoms with Crippen LogP contribution in [0.3, 0.4) is 0 Å². The lowest BCUT2D eigenvalue weighted by atomic mass is 10.2. The summed E-state index contributed by atoms with van der Waals surface area (Å²) >= 11 is 0. The minimum absolute atomic E-state index is 0.0892. The fraction of sp³-hybridized carbons (Fsp3) is 0.672. The molecule has 0 saturated heterocycles. The van der Waals surface area contributed by atoms with Gasteiger partial charge < -0.3 is 79.0 Å². The molecule has 0 spiro atoms. The minimum atomic E-state index is -0.183. The van der Waals surface area contributed by atoms with Crippen molar-refractivity contribution >= 4 is 41.1 Å². The van der Waals surface area contributed by atoms with E-state index in [1.165, 1.54) is 42.5 Å². The molecule has 0 aromatic carbocycles. The highest BCUT2D eigenvalue weighted by Gasteiger charge is 2.08. The molecule has 0 bridgehead atoms. The van der Waals surface area contributed by atoms with Crippen LogP contribution < -0.4 is 26.6 Å². The fourth-order valence-corrected chi connectivity index (χ4v) is 6.68. The van der Waals surface area contributed by atoms with Gasteiger partial charge in [-0.05, 0) is 114 Å². The van der Waals surface area contributed by atoms with Crippen LogP contribution in [-0.4, -0.2) is 267 Å². The predicted molar refractivity (Wildman–Crippen MR) is 346 cm³/mol. The molecular weight excluding hydrogens is 1140 g/mol. The summed E-state index contributed by atoms with van der Waals surface area (Å²) < 4.78 is 50.1. The summed E-state index contributed by atoms with van der Waals surface area (Å²) in [6.45, 7) is 43.2. The maximum atomic E-state index is 11.1. The van der Waals surface area contributed by atoms with E-state index in [0.717, 1.165) is 104 Å². The minimum Gasteiger partial charge on any atom is -0.380 e. The first kappa shape index (κ1) is 86.6. The maximum absolute atomic E-state index is 11.1. The molecule has 0 aliphatic heterocycles. The van der Waals surface area contributed by atoms with Gasteiger partial charge in [0.15, 0.2) is 11.6 Å². The lowest BCUT2D eigenvalue weighted by Crippen LogP contribution is -2.34. The van der Waals surface area contributed by atoms with Crippen molar-refractivity contribution in [1.29, 1.82) is 0 Å². The van der Waals surface area contributed by atoms with E-state index in [1.807, 2.05) is 14.1 Å². The number of hydrogen-bond donors (Lipinski definition) is 5. The van der Waals surface area contributed by atoms with Gasteiger partial charge in [-0.1, -0.05) is 46.1 Å². The van der Waals surface area contributed by atoms with Crippen molar-refractivity contribution in [2.75, 3.05) is 212 Å². The van der Waals surface area contributed by atoms with Gasteiger partial charge in [0.2, 0.25) is 29.5 Å². The summed E-state index contributed by atoms with van der Waals surface area (Å²) in [5.41, 5.74) is 0. The topological polar surface area (TPSA) is 272 Å². The summed E-state index contributed by atoms with van der Waals surface area (Å²) in [4.78, 5) is 83.7. The second-order valence-electron chi connectivity index (χ2n) is 19.5. The number of carbonyl (C=O) groups excluding carboxylic acids is 7. The van der Waals surface area contributed by atoms with E-state index >= 15 is 0 Å². The Labute approximate surface area is 527 Å². The molecule has 0 aliphatic carbocycles. The predicted octanol–water partition coefficient (Wildman–Crippen LogP) is 3.59. The van der Waals surface area contributed by atoms with Gasteiger partial charge in [0, 0.05) is 138 Å². The smallest absolute Gasteiger partial charge is 0.243 e. The summed E-state index contributed by atoms with van der Waals surface area (Å²) in [6, 6.07) is 0. The molecule has 0 aromatic rings.